The summed E-state index contributed by atoms with van der Waals surface area (Å²) in [6, 6.07) is 6.62. The zero-order valence-electron chi connectivity index (χ0n) is 16.7. The first-order chi connectivity index (χ1) is 13.7. The van der Waals surface area contributed by atoms with Gasteiger partial charge in [0, 0.05) is 43.6 Å². The van der Waals surface area contributed by atoms with Crippen LogP contribution in [0, 0.1) is 0 Å². The Kier molecular flexibility index (Phi) is 5.84. The Morgan fingerprint density at radius 2 is 2.11 bits per heavy atom. The topological polar surface area (TPSA) is 59.4 Å². The number of carbonyl (C=O) groups is 1. The lowest BCUT2D eigenvalue weighted by atomic mass is 9.99. The van der Waals surface area contributed by atoms with E-state index in [4.69, 9.17) is 4.74 Å². The van der Waals surface area contributed by atoms with E-state index in [1.54, 1.807) is 13.3 Å². The number of nitrogens with one attached hydrogen (secondary N) is 1. The lowest BCUT2D eigenvalue weighted by Gasteiger charge is -2.36. The fourth-order valence-corrected chi connectivity index (χ4v) is 4.54. The molecule has 4 rings (SSSR count). The van der Waals surface area contributed by atoms with E-state index in [2.05, 4.69) is 22.5 Å². The number of amides is 2. The molecule has 2 heterocycles. The number of carbonyl (C=O) groups excluding carboxylic acids is 1. The van der Waals surface area contributed by atoms with Crippen LogP contribution in [0.15, 0.2) is 30.6 Å². The Bertz CT molecular complexity index is 803. The maximum atomic E-state index is 12.9. The van der Waals surface area contributed by atoms with Gasteiger partial charge in [-0.2, -0.15) is 5.10 Å². The first-order valence-electron chi connectivity index (χ1n) is 10.4. The molecule has 150 valence electrons. The molecule has 1 atom stereocenters. The summed E-state index contributed by atoms with van der Waals surface area (Å²) in [5.74, 6) is 0.884. The van der Waals surface area contributed by atoms with Crippen LogP contribution in [0.5, 0.6) is 5.75 Å². The van der Waals surface area contributed by atoms with Crippen molar-refractivity contribution in [3.63, 3.8) is 0 Å². The van der Waals surface area contributed by atoms with Gasteiger partial charge in [0.15, 0.2) is 0 Å². The summed E-state index contributed by atoms with van der Waals surface area (Å²) >= 11 is 0. The van der Waals surface area contributed by atoms with Crippen molar-refractivity contribution in [2.24, 2.45) is 0 Å². The van der Waals surface area contributed by atoms with Gasteiger partial charge in [-0.05, 0) is 68.2 Å². The third-order valence-electron chi connectivity index (χ3n) is 6.06. The van der Waals surface area contributed by atoms with Crippen molar-refractivity contribution >= 4 is 6.03 Å². The van der Waals surface area contributed by atoms with Crippen molar-refractivity contribution in [2.75, 3.05) is 13.7 Å². The summed E-state index contributed by atoms with van der Waals surface area (Å²) in [4.78, 5) is 14.9. The van der Waals surface area contributed by atoms with Crippen molar-refractivity contribution in [1.82, 2.24) is 20.0 Å². The zero-order valence-corrected chi connectivity index (χ0v) is 16.7. The molecular weight excluding hydrogens is 352 g/mol. The number of hydrogen-bond acceptors (Lipinski definition) is 3. The number of nitrogens with zero attached hydrogens (tertiary/aromatic N) is 3. The van der Waals surface area contributed by atoms with Crippen molar-refractivity contribution in [2.45, 2.75) is 64.1 Å². The van der Waals surface area contributed by atoms with Gasteiger partial charge in [-0.25, -0.2) is 4.79 Å². The average molecular weight is 383 g/mol. The van der Waals surface area contributed by atoms with E-state index in [-0.39, 0.29) is 12.1 Å². The van der Waals surface area contributed by atoms with Crippen molar-refractivity contribution in [3.8, 4) is 5.75 Å². The van der Waals surface area contributed by atoms with Gasteiger partial charge in [0.2, 0.25) is 0 Å². The molecule has 6 nitrogen and oxygen atoms in total. The van der Waals surface area contributed by atoms with Crippen LogP contribution in [0.4, 0.5) is 4.79 Å². The molecule has 2 amide bonds. The number of methoxy groups -OCH3 is 1. The second-order valence-corrected chi connectivity index (χ2v) is 7.85. The summed E-state index contributed by atoms with van der Waals surface area (Å²) in [7, 11) is 1.71. The van der Waals surface area contributed by atoms with Crippen LogP contribution in [0.25, 0.3) is 0 Å². The van der Waals surface area contributed by atoms with E-state index in [1.807, 2.05) is 21.8 Å². The van der Waals surface area contributed by atoms with Crippen LogP contribution in [0.3, 0.4) is 0 Å². The molecule has 1 aromatic carbocycles. The first kappa shape index (κ1) is 18.8. The summed E-state index contributed by atoms with van der Waals surface area (Å²) < 4.78 is 7.52. The second kappa shape index (κ2) is 8.67. The van der Waals surface area contributed by atoms with Gasteiger partial charge in [0.05, 0.1) is 7.11 Å². The van der Waals surface area contributed by atoms with Crippen LogP contribution in [0.1, 0.15) is 48.8 Å². The molecule has 0 spiro atoms. The number of piperidine rings is 1. The maximum Gasteiger partial charge on any atom is 0.317 e. The highest BCUT2D eigenvalue weighted by atomic mass is 16.5. The number of ether oxygens (including phenoxy) is 1. The Labute approximate surface area is 166 Å². The van der Waals surface area contributed by atoms with E-state index in [1.165, 1.54) is 24.0 Å². The number of benzene rings is 1. The van der Waals surface area contributed by atoms with Crippen molar-refractivity contribution in [1.29, 1.82) is 0 Å². The highest BCUT2D eigenvalue weighted by Gasteiger charge is 2.26. The quantitative estimate of drug-likeness (QED) is 0.831. The maximum absolute atomic E-state index is 12.9. The number of urea groups is 1. The fraction of sp³-hybridized carbons (Fsp3) is 0.545. The van der Waals surface area contributed by atoms with E-state index in [0.717, 1.165) is 56.5 Å². The minimum Gasteiger partial charge on any atom is -0.496 e. The van der Waals surface area contributed by atoms with E-state index in [0.29, 0.717) is 6.54 Å². The Balaban J connectivity index is 1.38. The molecule has 0 unspecified atom stereocenters. The van der Waals surface area contributed by atoms with Gasteiger partial charge in [-0.15, -0.1) is 0 Å². The molecule has 0 radical (unpaired) electrons. The van der Waals surface area contributed by atoms with E-state index < -0.39 is 0 Å². The molecule has 1 N–H and O–H groups in total. The fourth-order valence-electron chi connectivity index (χ4n) is 4.54. The largest absolute Gasteiger partial charge is 0.496 e. The summed E-state index contributed by atoms with van der Waals surface area (Å²) in [5, 5.41) is 7.42. The molecule has 28 heavy (non-hydrogen) atoms. The van der Waals surface area contributed by atoms with E-state index in [9.17, 15) is 4.79 Å². The van der Waals surface area contributed by atoms with Gasteiger partial charge in [0.25, 0.3) is 0 Å². The predicted molar refractivity (Wildman–Crippen MR) is 108 cm³/mol. The van der Waals surface area contributed by atoms with Crippen LogP contribution in [0.2, 0.25) is 0 Å². The van der Waals surface area contributed by atoms with E-state index >= 15 is 0 Å². The normalized spacial score (nSPS) is 18.8. The number of fused-ring (bicyclic) bond motifs is 1. The number of hydrogen-bond donors (Lipinski definition) is 1. The van der Waals surface area contributed by atoms with Crippen molar-refractivity contribution in [3.05, 3.63) is 47.3 Å². The minimum atomic E-state index is 0.0349. The molecule has 1 saturated heterocycles. The molecule has 1 aliphatic carbocycles. The Hall–Kier alpha value is -2.50. The van der Waals surface area contributed by atoms with Gasteiger partial charge in [0.1, 0.15) is 5.75 Å². The minimum absolute atomic E-state index is 0.0349. The SMILES string of the molecule is COc1cc2c(cc1CNC(=O)N1CCCC[C@H]1CCn1cccn1)CCC2. The lowest BCUT2D eigenvalue weighted by molar-refractivity contribution is 0.143. The molecule has 1 aromatic heterocycles. The number of rotatable bonds is 6. The first-order valence-corrected chi connectivity index (χ1v) is 10.4. The highest BCUT2D eigenvalue weighted by molar-refractivity contribution is 5.74. The standard InChI is InChI=1S/C22H30N4O2/c1-28-21-15-18-7-4-6-17(18)14-19(21)16-23-22(27)26-12-3-2-8-20(26)9-13-25-11-5-10-24-25/h5,10-11,14-15,20H,2-4,6-9,12-13,16H2,1H3,(H,23,27)/t20-/m0/s1. The number of aryl methyl sites for hydroxylation is 3. The molecule has 2 aromatic rings. The second-order valence-electron chi connectivity index (χ2n) is 7.85. The Morgan fingerprint density at radius 1 is 1.25 bits per heavy atom. The highest BCUT2D eigenvalue weighted by Crippen LogP contribution is 2.30. The van der Waals surface area contributed by atoms with Gasteiger partial charge < -0.3 is 15.0 Å². The summed E-state index contributed by atoms with van der Waals surface area (Å²) in [5.41, 5.74) is 3.86. The molecule has 0 saturated carbocycles. The molecule has 2 aliphatic rings. The summed E-state index contributed by atoms with van der Waals surface area (Å²) in [6.07, 6.45) is 11.5. The number of likely N-dealkylation sites (tertiary alicyclic amines) is 1. The average Bonchev–Trinajstić information content (AvgIpc) is 3.41. The molecule has 6 heteroatoms. The molecular formula is C22H30N4O2. The molecule has 0 bridgehead atoms. The van der Waals surface area contributed by atoms with Crippen LogP contribution in [-0.4, -0.2) is 40.4 Å². The van der Waals surface area contributed by atoms with Crippen LogP contribution < -0.4 is 10.1 Å². The monoisotopic (exact) mass is 382 g/mol. The smallest absolute Gasteiger partial charge is 0.317 e. The summed E-state index contributed by atoms with van der Waals surface area (Å²) in [6.45, 7) is 2.19. The van der Waals surface area contributed by atoms with Crippen molar-refractivity contribution < 1.29 is 9.53 Å². The third kappa shape index (κ3) is 4.16. The van der Waals surface area contributed by atoms with Crippen LogP contribution >= 0.6 is 0 Å². The number of aromatic nitrogens is 2. The molecule has 1 fully saturated rings. The zero-order chi connectivity index (χ0) is 19.3. The molecule has 1 aliphatic heterocycles. The van der Waals surface area contributed by atoms with Crippen LogP contribution in [-0.2, 0) is 25.9 Å². The third-order valence-corrected chi connectivity index (χ3v) is 6.06. The van der Waals surface area contributed by atoms with Gasteiger partial charge in [-0.3, -0.25) is 4.68 Å². The lowest BCUT2D eigenvalue weighted by Crippen LogP contribution is -2.48. The van der Waals surface area contributed by atoms with Gasteiger partial charge in [-0.1, -0.05) is 6.07 Å². The van der Waals surface area contributed by atoms with Gasteiger partial charge >= 0.3 is 6.03 Å². The Morgan fingerprint density at radius 3 is 2.89 bits per heavy atom. The predicted octanol–water partition coefficient (Wildman–Crippen LogP) is 3.53.